The summed E-state index contributed by atoms with van der Waals surface area (Å²) in [6.07, 6.45) is 6.21. The predicted octanol–water partition coefficient (Wildman–Crippen LogP) is 2.50. The van der Waals surface area contributed by atoms with E-state index >= 15 is 0 Å². The van der Waals surface area contributed by atoms with Gasteiger partial charge in [0.1, 0.15) is 12.2 Å². The molecule has 0 spiro atoms. The summed E-state index contributed by atoms with van der Waals surface area (Å²) in [5.41, 5.74) is 3.46. The lowest BCUT2D eigenvalue weighted by Crippen LogP contribution is -2.19. The van der Waals surface area contributed by atoms with Crippen LogP contribution >= 0.6 is 0 Å². The van der Waals surface area contributed by atoms with Gasteiger partial charge in [-0.3, -0.25) is 9.48 Å². The van der Waals surface area contributed by atoms with Crippen LogP contribution in [0.25, 0.3) is 0 Å². The lowest BCUT2D eigenvalue weighted by atomic mass is 10.1. The van der Waals surface area contributed by atoms with Gasteiger partial charge in [-0.1, -0.05) is 17.7 Å². The maximum absolute atomic E-state index is 12.1. The van der Waals surface area contributed by atoms with E-state index < -0.39 is 9.73 Å². The zero-order valence-corrected chi connectivity index (χ0v) is 14.0. The molecule has 0 aliphatic carbocycles. The second-order valence-electron chi connectivity index (χ2n) is 5.54. The van der Waals surface area contributed by atoms with Crippen molar-refractivity contribution in [3.8, 4) is 0 Å². The minimum Gasteiger partial charge on any atom is -0.324 e. The molecule has 0 fully saturated rings. The summed E-state index contributed by atoms with van der Waals surface area (Å²) in [4.78, 5) is 12.1. The molecule has 6 nitrogen and oxygen atoms in total. The van der Waals surface area contributed by atoms with Crippen molar-refractivity contribution in [3.05, 3.63) is 41.7 Å². The maximum atomic E-state index is 12.1. The number of anilines is 1. The molecule has 0 radical (unpaired) electrons. The molecule has 0 aliphatic heterocycles. The summed E-state index contributed by atoms with van der Waals surface area (Å²) < 4.78 is 17.1. The van der Waals surface area contributed by atoms with Crippen LogP contribution in [0, 0.1) is 13.8 Å². The van der Waals surface area contributed by atoms with Gasteiger partial charge >= 0.3 is 0 Å². The SMILES string of the molecule is Cc1ccc(NC(=O)Cn2cc(N=S(C)(C)=O)cn2)c(C)c1. The van der Waals surface area contributed by atoms with Crippen LogP contribution in [0.3, 0.4) is 0 Å². The Kier molecular flexibility index (Phi) is 4.65. The Morgan fingerprint density at radius 3 is 2.73 bits per heavy atom. The average molecular weight is 320 g/mol. The quantitative estimate of drug-likeness (QED) is 0.940. The van der Waals surface area contributed by atoms with Gasteiger partial charge in [0.05, 0.1) is 12.4 Å². The first-order valence-corrected chi connectivity index (χ1v) is 9.13. The molecule has 1 amide bonds. The highest BCUT2D eigenvalue weighted by molar-refractivity contribution is 7.92. The largest absolute Gasteiger partial charge is 0.324 e. The number of rotatable bonds is 4. The zero-order chi connectivity index (χ0) is 16.3. The van der Waals surface area contributed by atoms with Gasteiger partial charge in [0.2, 0.25) is 5.91 Å². The molecule has 0 saturated heterocycles. The molecule has 2 rings (SSSR count). The van der Waals surface area contributed by atoms with Crippen LogP contribution < -0.4 is 5.32 Å². The number of hydrogen-bond donors (Lipinski definition) is 1. The summed E-state index contributed by atoms with van der Waals surface area (Å²) >= 11 is 0. The van der Waals surface area contributed by atoms with E-state index in [-0.39, 0.29) is 12.5 Å². The molecule has 0 atom stereocenters. The topological polar surface area (TPSA) is 76.3 Å². The second-order valence-corrected chi connectivity index (χ2v) is 8.08. The van der Waals surface area contributed by atoms with Crippen molar-refractivity contribution < 1.29 is 9.00 Å². The molecule has 1 aromatic heterocycles. The van der Waals surface area contributed by atoms with Gasteiger partial charge in [0.25, 0.3) is 0 Å². The minimum atomic E-state index is -2.23. The molecule has 0 aliphatic rings. The van der Waals surface area contributed by atoms with E-state index in [0.717, 1.165) is 16.8 Å². The molecule has 7 heteroatoms. The number of nitrogens with one attached hydrogen (secondary N) is 1. The number of aryl methyl sites for hydroxylation is 2. The van der Waals surface area contributed by atoms with Gasteiger partial charge in [-0.05, 0) is 25.5 Å². The molecular weight excluding hydrogens is 300 g/mol. The standard InChI is InChI=1S/C15H20N4O2S/c1-11-5-6-14(12(2)7-11)17-15(20)10-19-9-13(8-16-19)18-22(3,4)21/h5-9H,10H2,1-4H3,(H,17,20). The van der Waals surface area contributed by atoms with Crippen LogP contribution in [-0.4, -0.2) is 32.4 Å². The number of hydrogen-bond acceptors (Lipinski definition) is 4. The predicted molar refractivity (Wildman–Crippen MR) is 88.9 cm³/mol. The van der Waals surface area contributed by atoms with Gasteiger partial charge in [-0.15, -0.1) is 0 Å². The highest BCUT2D eigenvalue weighted by atomic mass is 32.2. The van der Waals surface area contributed by atoms with Crippen molar-refractivity contribution >= 4 is 27.0 Å². The first kappa shape index (κ1) is 16.2. The monoisotopic (exact) mass is 320 g/mol. The number of carbonyl (C=O) groups excluding carboxylic acids is 1. The Balaban J connectivity index is 2.05. The number of benzene rings is 1. The molecule has 1 aromatic carbocycles. The Hall–Kier alpha value is -2.15. The third-order valence-electron chi connectivity index (χ3n) is 2.91. The number of nitrogens with zero attached hydrogens (tertiary/aromatic N) is 3. The van der Waals surface area contributed by atoms with Crippen molar-refractivity contribution in [1.29, 1.82) is 0 Å². The Morgan fingerprint density at radius 1 is 1.36 bits per heavy atom. The third kappa shape index (κ3) is 4.70. The summed E-state index contributed by atoms with van der Waals surface area (Å²) in [5, 5.41) is 6.91. The van der Waals surface area contributed by atoms with Crippen LogP contribution in [0.1, 0.15) is 11.1 Å². The molecule has 22 heavy (non-hydrogen) atoms. The van der Waals surface area contributed by atoms with Gasteiger partial charge in [0.15, 0.2) is 0 Å². The van der Waals surface area contributed by atoms with Gasteiger partial charge in [-0.2, -0.15) is 9.46 Å². The first-order chi connectivity index (χ1) is 10.2. The molecule has 2 aromatic rings. The lowest BCUT2D eigenvalue weighted by Gasteiger charge is -2.09. The van der Waals surface area contributed by atoms with Crippen molar-refractivity contribution in [3.63, 3.8) is 0 Å². The van der Waals surface area contributed by atoms with Crippen molar-refractivity contribution in [2.24, 2.45) is 4.36 Å². The Morgan fingerprint density at radius 2 is 2.09 bits per heavy atom. The summed E-state index contributed by atoms with van der Waals surface area (Å²) in [6.45, 7) is 4.04. The highest BCUT2D eigenvalue weighted by Gasteiger charge is 2.07. The van der Waals surface area contributed by atoms with E-state index in [1.165, 1.54) is 10.9 Å². The smallest absolute Gasteiger partial charge is 0.246 e. The fourth-order valence-corrected chi connectivity index (χ4v) is 2.63. The number of carbonyl (C=O) groups is 1. The van der Waals surface area contributed by atoms with Crippen LogP contribution in [0.15, 0.2) is 35.0 Å². The Labute approximate surface area is 130 Å². The van der Waals surface area contributed by atoms with Gasteiger partial charge < -0.3 is 5.32 Å². The van der Waals surface area contributed by atoms with Gasteiger partial charge in [-0.25, -0.2) is 4.21 Å². The molecule has 1 N–H and O–H groups in total. The number of amides is 1. The van der Waals surface area contributed by atoms with Crippen LogP contribution in [0.4, 0.5) is 11.4 Å². The zero-order valence-electron chi connectivity index (χ0n) is 13.2. The van der Waals surface area contributed by atoms with Crippen molar-refractivity contribution in [2.75, 3.05) is 17.8 Å². The summed E-state index contributed by atoms with van der Waals surface area (Å²) in [6, 6.07) is 5.85. The summed E-state index contributed by atoms with van der Waals surface area (Å²) in [7, 11) is -2.23. The van der Waals surface area contributed by atoms with E-state index in [9.17, 15) is 9.00 Å². The summed E-state index contributed by atoms with van der Waals surface area (Å²) in [5.74, 6) is -0.171. The van der Waals surface area contributed by atoms with Crippen molar-refractivity contribution in [1.82, 2.24) is 9.78 Å². The van der Waals surface area contributed by atoms with E-state index in [4.69, 9.17) is 0 Å². The fraction of sp³-hybridized carbons (Fsp3) is 0.333. The molecule has 1 heterocycles. The second kappa shape index (κ2) is 6.31. The number of aromatic nitrogens is 2. The normalized spacial score (nSPS) is 11.3. The van der Waals surface area contributed by atoms with E-state index in [0.29, 0.717) is 5.69 Å². The van der Waals surface area contributed by atoms with Crippen molar-refractivity contribution in [2.45, 2.75) is 20.4 Å². The molecule has 118 valence electrons. The average Bonchev–Trinajstić information content (AvgIpc) is 2.77. The van der Waals surface area contributed by atoms with E-state index in [2.05, 4.69) is 14.8 Å². The van der Waals surface area contributed by atoms with Gasteiger partial charge in [0, 0.05) is 27.9 Å². The minimum absolute atomic E-state index is 0.0808. The molecular formula is C15H20N4O2S. The molecule has 0 bridgehead atoms. The van der Waals surface area contributed by atoms with E-state index in [1.54, 1.807) is 18.7 Å². The van der Waals surface area contributed by atoms with Crippen LogP contribution in [0.2, 0.25) is 0 Å². The lowest BCUT2D eigenvalue weighted by molar-refractivity contribution is -0.116. The highest BCUT2D eigenvalue weighted by Crippen LogP contribution is 2.16. The Bertz CT molecular complexity index is 809. The first-order valence-electron chi connectivity index (χ1n) is 6.80. The fourth-order valence-electron chi connectivity index (χ4n) is 2.03. The third-order valence-corrected chi connectivity index (χ3v) is 3.56. The molecule has 0 saturated carbocycles. The van der Waals surface area contributed by atoms with Crippen LogP contribution in [0.5, 0.6) is 0 Å². The maximum Gasteiger partial charge on any atom is 0.246 e. The van der Waals surface area contributed by atoms with E-state index in [1.807, 2.05) is 32.0 Å². The van der Waals surface area contributed by atoms with Crippen LogP contribution in [-0.2, 0) is 21.1 Å². The molecule has 0 unspecified atom stereocenters.